The molecule has 28 heavy (non-hydrogen) atoms. The fraction of sp³-hybridized carbons (Fsp3) is 0.333. The van der Waals surface area contributed by atoms with Gasteiger partial charge in [-0.25, -0.2) is 4.98 Å². The highest BCUT2D eigenvalue weighted by Gasteiger charge is 2.44. The van der Waals surface area contributed by atoms with E-state index in [9.17, 15) is 4.79 Å². The lowest BCUT2D eigenvalue weighted by molar-refractivity contribution is -0.128. The molecule has 2 aliphatic heterocycles. The molecule has 2 aliphatic rings. The number of amides is 1. The summed E-state index contributed by atoms with van der Waals surface area (Å²) in [5, 5.41) is 4.63. The molecule has 0 bridgehead atoms. The Kier molecular flexibility index (Phi) is 3.98. The maximum atomic E-state index is 12.3. The van der Waals surface area contributed by atoms with Crippen LogP contribution in [0.25, 0.3) is 22.0 Å². The number of aromatic nitrogens is 2. The zero-order chi connectivity index (χ0) is 19.3. The van der Waals surface area contributed by atoms with Crippen LogP contribution in [0, 0.1) is 5.41 Å². The van der Waals surface area contributed by atoms with Crippen LogP contribution in [-0.2, 0) is 4.79 Å². The van der Waals surface area contributed by atoms with Crippen molar-refractivity contribution in [2.75, 3.05) is 30.3 Å². The normalized spacial score (nSPS) is 18.8. The number of H-pyrrole nitrogens is 1. The summed E-state index contributed by atoms with van der Waals surface area (Å²) in [5.41, 5.74) is 9.81. The van der Waals surface area contributed by atoms with Crippen molar-refractivity contribution in [3.63, 3.8) is 0 Å². The Morgan fingerprint density at radius 1 is 1.18 bits per heavy atom. The largest absolute Gasteiger partial charge is 0.382 e. The van der Waals surface area contributed by atoms with E-state index < -0.39 is 0 Å². The zero-order valence-corrected chi connectivity index (χ0v) is 16.2. The number of benzene rings is 1. The minimum atomic E-state index is -0.217. The molecule has 0 saturated carbocycles. The molecule has 1 amide bonds. The van der Waals surface area contributed by atoms with E-state index in [-0.39, 0.29) is 11.3 Å². The van der Waals surface area contributed by atoms with Gasteiger partial charge < -0.3 is 20.9 Å². The Bertz CT molecular complexity index is 1070. The summed E-state index contributed by atoms with van der Waals surface area (Å²) in [6.45, 7) is 2.33. The van der Waals surface area contributed by atoms with Crippen molar-refractivity contribution in [2.45, 2.75) is 19.3 Å². The smallest absolute Gasteiger partial charge is 0.226 e. The number of carbonyl (C=O) groups is 1. The van der Waals surface area contributed by atoms with Crippen LogP contribution >= 0.6 is 11.6 Å². The molecular weight excluding hydrogens is 374 g/mol. The number of carbonyl (C=O) groups excluding carboxylic acids is 1. The molecule has 2 aromatic heterocycles. The summed E-state index contributed by atoms with van der Waals surface area (Å²) >= 11 is 6.64. The van der Waals surface area contributed by atoms with Gasteiger partial charge in [0.2, 0.25) is 5.91 Å². The van der Waals surface area contributed by atoms with Gasteiger partial charge >= 0.3 is 0 Å². The predicted molar refractivity (Wildman–Crippen MR) is 112 cm³/mol. The van der Waals surface area contributed by atoms with Crippen molar-refractivity contribution >= 4 is 39.9 Å². The molecule has 1 aromatic carbocycles. The molecule has 6 nitrogen and oxygen atoms in total. The van der Waals surface area contributed by atoms with E-state index in [0.29, 0.717) is 10.8 Å². The van der Waals surface area contributed by atoms with Gasteiger partial charge in [-0.15, -0.1) is 0 Å². The summed E-state index contributed by atoms with van der Waals surface area (Å²) in [5.74, 6) is 0.533. The highest BCUT2D eigenvalue weighted by Crippen LogP contribution is 2.44. The summed E-state index contributed by atoms with van der Waals surface area (Å²) in [7, 11) is 0. The van der Waals surface area contributed by atoms with Gasteiger partial charge in [0.1, 0.15) is 10.8 Å². The number of pyridine rings is 1. The fourth-order valence-corrected chi connectivity index (χ4v) is 4.85. The van der Waals surface area contributed by atoms with Crippen molar-refractivity contribution in [3.05, 3.63) is 41.7 Å². The van der Waals surface area contributed by atoms with E-state index in [0.717, 1.165) is 66.6 Å². The van der Waals surface area contributed by atoms with Gasteiger partial charge in [-0.05, 0) is 42.3 Å². The molecule has 144 valence electrons. The number of hydrogen-bond donors (Lipinski definition) is 3. The number of nitrogens with two attached hydrogens (primary N) is 1. The number of halogens is 1. The number of nitrogens with zero attached hydrogens (tertiary/aromatic N) is 2. The third-order valence-electron chi connectivity index (χ3n) is 6.29. The highest BCUT2D eigenvalue weighted by molar-refractivity contribution is 6.36. The third kappa shape index (κ3) is 2.63. The molecule has 2 fully saturated rings. The molecule has 0 unspecified atom stereocenters. The van der Waals surface area contributed by atoms with Gasteiger partial charge in [0.25, 0.3) is 0 Å². The number of hydrogen-bond acceptors (Lipinski definition) is 4. The van der Waals surface area contributed by atoms with Crippen molar-refractivity contribution in [2.24, 2.45) is 5.41 Å². The molecule has 4 heterocycles. The van der Waals surface area contributed by atoms with Gasteiger partial charge in [0.05, 0.1) is 11.1 Å². The molecule has 4 N–H and O–H groups in total. The fourth-order valence-electron chi connectivity index (χ4n) is 4.58. The predicted octanol–water partition coefficient (Wildman–Crippen LogP) is 3.57. The van der Waals surface area contributed by atoms with E-state index in [1.165, 1.54) is 0 Å². The standard InChI is InChI=1S/C21H22ClN5O/c22-17-18(27-9-5-21(6-10-27)4-8-25-20(21)28)15(12-26-19(17)23)14-2-1-13-3-7-24-16(13)11-14/h1-3,7,11-12,24H,4-6,8-10H2,(H2,23,26)(H,25,28). The molecular formula is C21H22ClN5O. The van der Waals surface area contributed by atoms with Crippen molar-refractivity contribution < 1.29 is 4.79 Å². The van der Waals surface area contributed by atoms with Gasteiger partial charge in [0.15, 0.2) is 0 Å². The lowest BCUT2D eigenvalue weighted by atomic mass is 9.77. The molecule has 1 spiro atoms. The molecule has 0 radical (unpaired) electrons. The second-order valence-electron chi connectivity index (χ2n) is 7.77. The minimum Gasteiger partial charge on any atom is -0.382 e. The Morgan fingerprint density at radius 3 is 2.75 bits per heavy atom. The van der Waals surface area contributed by atoms with Crippen LogP contribution in [0.5, 0.6) is 0 Å². The zero-order valence-electron chi connectivity index (χ0n) is 15.5. The van der Waals surface area contributed by atoms with E-state index in [4.69, 9.17) is 17.3 Å². The highest BCUT2D eigenvalue weighted by atomic mass is 35.5. The van der Waals surface area contributed by atoms with Crippen LogP contribution in [0.4, 0.5) is 11.5 Å². The van der Waals surface area contributed by atoms with Crippen LogP contribution in [0.15, 0.2) is 36.7 Å². The maximum Gasteiger partial charge on any atom is 0.226 e. The Morgan fingerprint density at radius 2 is 2.00 bits per heavy atom. The van der Waals surface area contributed by atoms with Crippen molar-refractivity contribution in [1.82, 2.24) is 15.3 Å². The monoisotopic (exact) mass is 395 g/mol. The third-order valence-corrected chi connectivity index (χ3v) is 6.67. The lowest BCUT2D eigenvalue weighted by Crippen LogP contribution is -2.44. The number of anilines is 2. The second-order valence-corrected chi connectivity index (χ2v) is 8.15. The number of nitrogen functional groups attached to an aromatic ring is 1. The molecule has 0 atom stereocenters. The van der Waals surface area contributed by atoms with Crippen LogP contribution in [0.1, 0.15) is 19.3 Å². The van der Waals surface area contributed by atoms with Gasteiger partial charge in [0, 0.05) is 43.1 Å². The lowest BCUT2D eigenvalue weighted by Gasteiger charge is -2.39. The van der Waals surface area contributed by atoms with Gasteiger partial charge in [-0.1, -0.05) is 23.7 Å². The van der Waals surface area contributed by atoms with Crippen LogP contribution in [0.3, 0.4) is 0 Å². The first-order valence-corrected chi connectivity index (χ1v) is 10.00. The second kappa shape index (κ2) is 6.41. The first-order chi connectivity index (χ1) is 13.6. The molecule has 2 saturated heterocycles. The van der Waals surface area contributed by atoms with Gasteiger partial charge in [-0.3, -0.25) is 4.79 Å². The molecule has 7 heteroatoms. The summed E-state index contributed by atoms with van der Waals surface area (Å²) < 4.78 is 0. The summed E-state index contributed by atoms with van der Waals surface area (Å²) in [6, 6.07) is 8.32. The van der Waals surface area contributed by atoms with E-state index in [1.807, 2.05) is 12.3 Å². The van der Waals surface area contributed by atoms with Crippen molar-refractivity contribution in [3.8, 4) is 11.1 Å². The van der Waals surface area contributed by atoms with E-state index in [2.05, 4.69) is 38.4 Å². The average molecular weight is 396 g/mol. The molecule has 5 rings (SSSR count). The SMILES string of the molecule is Nc1ncc(-c2ccc3cc[nH]c3c2)c(N2CCC3(CCNC3=O)CC2)c1Cl. The number of nitrogens with one attached hydrogen (secondary N) is 2. The Balaban J connectivity index is 1.54. The van der Waals surface area contributed by atoms with E-state index >= 15 is 0 Å². The summed E-state index contributed by atoms with van der Waals surface area (Å²) in [4.78, 5) is 22.1. The average Bonchev–Trinajstić information content (AvgIpc) is 3.31. The van der Waals surface area contributed by atoms with E-state index in [1.54, 1.807) is 6.20 Å². The Labute approximate surface area is 168 Å². The van der Waals surface area contributed by atoms with Gasteiger partial charge in [-0.2, -0.15) is 0 Å². The van der Waals surface area contributed by atoms with Crippen LogP contribution < -0.4 is 16.0 Å². The molecule has 0 aliphatic carbocycles. The van der Waals surface area contributed by atoms with Crippen LogP contribution in [0.2, 0.25) is 5.02 Å². The Hall–Kier alpha value is -2.73. The number of rotatable bonds is 2. The maximum absolute atomic E-state index is 12.3. The minimum absolute atomic E-state index is 0.199. The first kappa shape index (κ1) is 17.4. The topological polar surface area (TPSA) is 87.0 Å². The summed E-state index contributed by atoms with van der Waals surface area (Å²) in [6.07, 6.45) is 6.30. The number of piperidine rings is 1. The number of fused-ring (bicyclic) bond motifs is 1. The quantitative estimate of drug-likeness (QED) is 0.619. The van der Waals surface area contributed by atoms with Crippen molar-refractivity contribution in [1.29, 1.82) is 0 Å². The first-order valence-electron chi connectivity index (χ1n) is 9.62. The number of aromatic amines is 1. The molecule has 3 aromatic rings. The van der Waals surface area contributed by atoms with Crippen LogP contribution in [-0.4, -0.2) is 35.5 Å².